The zero-order valence-corrected chi connectivity index (χ0v) is 15.0. The van der Waals surface area contributed by atoms with Gasteiger partial charge in [-0.2, -0.15) is 0 Å². The lowest BCUT2D eigenvalue weighted by Crippen LogP contribution is -2.49. The molecule has 1 atom stereocenters. The van der Waals surface area contributed by atoms with Gasteiger partial charge in [0.2, 0.25) is 5.91 Å². The number of fused-ring (bicyclic) bond motifs is 1. The molecule has 0 aliphatic carbocycles. The maximum atomic E-state index is 12.6. The maximum absolute atomic E-state index is 12.6. The second-order valence-corrected chi connectivity index (χ2v) is 6.82. The van der Waals surface area contributed by atoms with Crippen molar-refractivity contribution >= 4 is 23.7 Å². The molecule has 1 heterocycles. The lowest BCUT2D eigenvalue weighted by Gasteiger charge is -2.28. The predicted molar refractivity (Wildman–Crippen MR) is 92.3 cm³/mol. The minimum Gasteiger partial charge on any atom is -0.469 e. The van der Waals surface area contributed by atoms with Crippen molar-refractivity contribution in [2.24, 2.45) is 0 Å². The molecule has 0 aromatic heterocycles. The molecule has 0 fully saturated rings. The maximum Gasteiger partial charge on any atom is 0.415 e. The van der Waals surface area contributed by atoms with E-state index in [9.17, 15) is 14.4 Å². The van der Waals surface area contributed by atoms with E-state index in [1.807, 2.05) is 18.2 Å². The fourth-order valence-corrected chi connectivity index (χ4v) is 2.64. The quantitative estimate of drug-likeness (QED) is 0.842. The third kappa shape index (κ3) is 4.71. The Morgan fingerprint density at radius 1 is 1.24 bits per heavy atom. The molecule has 0 bridgehead atoms. The lowest BCUT2D eigenvalue weighted by molar-refractivity contribution is -0.140. The number of hydrogen-bond acceptors (Lipinski definition) is 5. The van der Waals surface area contributed by atoms with Crippen molar-refractivity contribution in [3.05, 3.63) is 29.8 Å². The summed E-state index contributed by atoms with van der Waals surface area (Å²) in [6.07, 6.45) is -0.0843. The first-order valence-electron chi connectivity index (χ1n) is 8.17. The normalized spacial score (nSPS) is 16.2. The van der Waals surface area contributed by atoms with Gasteiger partial charge in [0, 0.05) is 13.0 Å². The van der Waals surface area contributed by atoms with Crippen LogP contribution in [0.1, 0.15) is 32.8 Å². The van der Waals surface area contributed by atoms with E-state index in [4.69, 9.17) is 4.74 Å². The first-order valence-corrected chi connectivity index (χ1v) is 8.17. The van der Waals surface area contributed by atoms with Crippen LogP contribution in [-0.2, 0) is 25.5 Å². The highest BCUT2D eigenvalue weighted by Crippen LogP contribution is 2.33. The summed E-state index contributed by atoms with van der Waals surface area (Å²) in [5.41, 5.74) is 0.909. The Balaban J connectivity index is 2.14. The van der Waals surface area contributed by atoms with Crippen LogP contribution in [0.4, 0.5) is 10.5 Å². The van der Waals surface area contributed by atoms with E-state index < -0.39 is 23.7 Å². The van der Waals surface area contributed by atoms with Crippen LogP contribution in [-0.4, -0.2) is 43.3 Å². The molecule has 1 aromatic carbocycles. The molecule has 1 unspecified atom stereocenters. The summed E-state index contributed by atoms with van der Waals surface area (Å²) in [7, 11) is 1.29. The van der Waals surface area contributed by atoms with E-state index in [-0.39, 0.29) is 18.9 Å². The van der Waals surface area contributed by atoms with Gasteiger partial charge in [-0.3, -0.25) is 14.5 Å². The second-order valence-electron chi connectivity index (χ2n) is 6.82. The number of ether oxygens (including phenoxy) is 2. The standard InChI is InChI=1S/C18H24N2O5/c1-18(2,3)25-17(23)20-13-8-6-5-7-12(13)11-14(20)16(22)19-10-9-15(21)24-4/h5-8,14H,9-11H2,1-4H3,(H,19,22). The van der Waals surface area contributed by atoms with Crippen molar-refractivity contribution in [2.75, 3.05) is 18.6 Å². The van der Waals surface area contributed by atoms with Crippen molar-refractivity contribution in [3.8, 4) is 0 Å². The number of nitrogens with one attached hydrogen (secondary N) is 1. The third-order valence-electron chi connectivity index (χ3n) is 3.72. The summed E-state index contributed by atoms with van der Waals surface area (Å²) in [5, 5.41) is 2.68. The predicted octanol–water partition coefficient (Wildman–Crippen LogP) is 2.03. The monoisotopic (exact) mass is 348 g/mol. The second kappa shape index (κ2) is 7.55. The lowest BCUT2D eigenvalue weighted by atomic mass is 10.1. The Kier molecular flexibility index (Phi) is 5.66. The highest BCUT2D eigenvalue weighted by molar-refractivity contribution is 6.00. The molecule has 1 aliphatic heterocycles. The average molecular weight is 348 g/mol. The molecule has 1 N–H and O–H groups in total. The van der Waals surface area contributed by atoms with Gasteiger partial charge >= 0.3 is 12.1 Å². The van der Waals surface area contributed by atoms with Crippen molar-refractivity contribution < 1.29 is 23.9 Å². The molecule has 25 heavy (non-hydrogen) atoms. The van der Waals surface area contributed by atoms with Crippen LogP contribution in [0, 0.1) is 0 Å². The third-order valence-corrected chi connectivity index (χ3v) is 3.72. The summed E-state index contributed by atoms with van der Waals surface area (Å²) in [6.45, 7) is 5.48. The number of para-hydroxylation sites is 1. The summed E-state index contributed by atoms with van der Waals surface area (Å²) in [4.78, 5) is 37.7. The van der Waals surface area contributed by atoms with Crippen molar-refractivity contribution in [2.45, 2.75) is 45.3 Å². The topological polar surface area (TPSA) is 84.9 Å². The minimum atomic E-state index is -0.704. The average Bonchev–Trinajstić information content (AvgIpc) is 2.92. The number of esters is 1. The van der Waals surface area contributed by atoms with E-state index in [1.165, 1.54) is 12.0 Å². The molecular formula is C18H24N2O5. The van der Waals surface area contributed by atoms with Crippen LogP contribution in [0.3, 0.4) is 0 Å². The van der Waals surface area contributed by atoms with E-state index in [1.54, 1.807) is 26.8 Å². The fraction of sp³-hybridized carbons (Fsp3) is 0.500. The van der Waals surface area contributed by atoms with Gasteiger partial charge in [-0.05, 0) is 32.4 Å². The van der Waals surface area contributed by atoms with Gasteiger partial charge in [0.25, 0.3) is 0 Å². The van der Waals surface area contributed by atoms with E-state index in [0.29, 0.717) is 12.1 Å². The zero-order chi connectivity index (χ0) is 18.6. The van der Waals surface area contributed by atoms with E-state index >= 15 is 0 Å². The number of benzene rings is 1. The number of carbonyl (C=O) groups is 3. The first-order chi connectivity index (χ1) is 11.7. The van der Waals surface area contributed by atoms with Crippen molar-refractivity contribution in [3.63, 3.8) is 0 Å². The van der Waals surface area contributed by atoms with Gasteiger partial charge in [-0.15, -0.1) is 0 Å². The minimum absolute atomic E-state index is 0.0777. The largest absolute Gasteiger partial charge is 0.469 e. The Morgan fingerprint density at radius 2 is 1.92 bits per heavy atom. The van der Waals surface area contributed by atoms with E-state index in [2.05, 4.69) is 10.1 Å². The smallest absolute Gasteiger partial charge is 0.415 e. The molecular weight excluding hydrogens is 324 g/mol. The van der Waals surface area contributed by atoms with Crippen LogP contribution in [0.2, 0.25) is 0 Å². The SMILES string of the molecule is COC(=O)CCNC(=O)C1Cc2ccccc2N1C(=O)OC(C)(C)C. The van der Waals surface area contributed by atoms with Gasteiger partial charge in [0.1, 0.15) is 11.6 Å². The van der Waals surface area contributed by atoms with Crippen LogP contribution in [0.5, 0.6) is 0 Å². The molecule has 1 aliphatic rings. The molecule has 0 radical (unpaired) electrons. The molecule has 0 saturated carbocycles. The summed E-state index contributed by atoms with van der Waals surface area (Å²) in [6, 6.07) is 6.65. The molecule has 7 heteroatoms. The molecule has 136 valence electrons. The molecule has 2 amide bonds. The molecule has 2 rings (SSSR count). The molecule has 0 saturated heterocycles. The Bertz CT molecular complexity index is 666. The number of methoxy groups -OCH3 is 1. The Hall–Kier alpha value is -2.57. The number of anilines is 1. The number of rotatable bonds is 4. The number of nitrogens with zero attached hydrogens (tertiary/aromatic N) is 1. The summed E-state index contributed by atoms with van der Waals surface area (Å²) < 4.78 is 10.00. The molecule has 0 spiro atoms. The highest BCUT2D eigenvalue weighted by atomic mass is 16.6. The van der Waals surface area contributed by atoms with E-state index in [0.717, 1.165) is 5.56 Å². The fourth-order valence-electron chi connectivity index (χ4n) is 2.64. The Labute approximate surface area is 147 Å². The highest BCUT2D eigenvalue weighted by Gasteiger charge is 2.40. The van der Waals surface area contributed by atoms with Gasteiger partial charge in [-0.25, -0.2) is 4.79 Å². The van der Waals surface area contributed by atoms with Crippen LogP contribution >= 0.6 is 0 Å². The van der Waals surface area contributed by atoms with Gasteiger partial charge in [-0.1, -0.05) is 18.2 Å². The number of amides is 2. The molecule has 1 aromatic rings. The summed E-state index contributed by atoms with van der Waals surface area (Å²) >= 11 is 0. The zero-order valence-electron chi connectivity index (χ0n) is 15.0. The Morgan fingerprint density at radius 3 is 2.56 bits per heavy atom. The summed E-state index contributed by atoms with van der Waals surface area (Å²) in [5.74, 6) is -0.732. The van der Waals surface area contributed by atoms with Crippen LogP contribution in [0.25, 0.3) is 0 Å². The van der Waals surface area contributed by atoms with Crippen molar-refractivity contribution in [1.29, 1.82) is 0 Å². The van der Waals surface area contributed by atoms with Crippen molar-refractivity contribution in [1.82, 2.24) is 5.32 Å². The van der Waals surface area contributed by atoms with Gasteiger partial charge in [0.05, 0.1) is 19.2 Å². The van der Waals surface area contributed by atoms with Crippen LogP contribution < -0.4 is 10.2 Å². The number of carbonyl (C=O) groups excluding carboxylic acids is 3. The molecule has 7 nitrogen and oxygen atoms in total. The first kappa shape index (κ1) is 18.8. The van der Waals surface area contributed by atoms with Gasteiger partial charge < -0.3 is 14.8 Å². The number of hydrogen-bond donors (Lipinski definition) is 1. The van der Waals surface area contributed by atoms with Crippen LogP contribution in [0.15, 0.2) is 24.3 Å². The van der Waals surface area contributed by atoms with Gasteiger partial charge in [0.15, 0.2) is 0 Å².